The summed E-state index contributed by atoms with van der Waals surface area (Å²) in [6.07, 6.45) is 28.2. The van der Waals surface area contributed by atoms with Gasteiger partial charge in [0.2, 0.25) is 0 Å². The monoisotopic (exact) mass is 386 g/mol. The van der Waals surface area contributed by atoms with Crippen molar-refractivity contribution in [3.63, 3.8) is 0 Å². The van der Waals surface area contributed by atoms with Gasteiger partial charge in [0.15, 0.2) is 0 Å². The molecule has 0 spiro atoms. The second kappa shape index (κ2) is 11.6. The fourth-order valence-electron chi connectivity index (χ4n) is 6.74. The summed E-state index contributed by atoms with van der Waals surface area (Å²) in [5.41, 5.74) is 1.15. The maximum atomic E-state index is 3.93. The molecule has 0 nitrogen and oxygen atoms in total. The Morgan fingerprint density at radius 1 is 0.704 bits per heavy atom. The molecule has 3 aliphatic rings. The Bertz CT molecular complexity index is 429. The van der Waals surface area contributed by atoms with E-state index in [9.17, 15) is 0 Å². The lowest BCUT2D eigenvalue weighted by atomic mass is 9.65. The Hall–Kier alpha value is -0.303. The predicted molar refractivity (Wildman–Crippen MR) is 124 cm³/mol. The number of rotatable bonds is 8. The van der Waals surface area contributed by atoms with Crippen LogP contribution in [-0.2, 0) is 0 Å². The van der Waals surface area contributed by atoms with Crippen molar-refractivity contribution < 1.29 is 0 Å². The molecule has 0 unspecified atom stereocenters. The summed E-state index contributed by atoms with van der Waals surface area (Å²) in [6.45, 7) is 6.18. The molecule has 3 fully saturated rings. The molecular formula is C26H46Si. The summed E-state index contributed by atoms with van der Waals surface area (Å²) in [6, 6.07) is 1.37. The molecule has 154 valence electrons. The van der Waals surface area contributed by atoms with Crippen molar-refractivity contribution in [1.82, 2.24) is 0 Å². The van der Waals surface area contributed by atoms with Crippen LogP contribution in [0.25, 0.3) is 0 Å². The van der Waals surface area contributed by atoms with Gasteiger partial charge in [-0.1, -0.05) is 56.4 Å². The van der Waals surface area contributed by atoms with Gasteiger partial charge in [0.1, 0.15) is 0 Å². The van der Waals surface area contributed by atoms with E-state index in [4.69, 9.17) is 0 Å². The second-order valence-corrected chi connectivity index (χ2v) is 12.5. The Balaban J connectivity index is 1.33. The van der Waals surface area contributed by atoms with Gasteiger partial charge in [-0.25, -0.2) is 0 Å². The summed E-state index contributed by atoms with van der Waals surface area (Å²) in [5, 5.41) is 0. The molecule has 0 atom stereocenters. The zero-order valence-electron chi connectivity index (χ0n) is 18.2. The minimum absolute atomic E-state index is 0.159. The minimum Gasteiger partial charge on any atom is -0.103 e. The maximum absolute atomic E-state index is 3.93. The first-order valence-corrected chi connectivity index (χ1v) is 14.4. The van der Waals surface area contributed by atoms with Crippen LogP contribution >= 0.6 is 0 Å². The smallest absolute Gasteiger partial charge is 0.0272 e. The Kier molecular flexibility index (Phi) is 9.23. The first-order valence-electron chi connectivity index (χ1n) is 12.6. The highest BCUT2D eigenvalue weighted by atomic mass is 28.2. The highest BCUT2D eigenvalue weighted by molar-refractivity contribution is 6.38. The second-order valence-electron chi connectivity index (χ2n) is 10.2. The van der Waals surface area contributed by atoms with E-state index in [1.165, 1.54) is 31.7 Å². The van der Waals surface area contributed by atoms with Gasteiger partial charge in [0.25, 0.3) is 0 Å². The molecular weight excluding hydrogens is 340 g/mol. The van der Waals surface area contributed by atoms with Crippen molar-refractivity contribution in [3.05, 3.63) is 24.8 Å². The molecule has 3 aliphatic carbocycles. The molecule has 0 aromatic heterocycles. The van der Waals surface area contributed by atoms with E-state index in [0.29, 0.717) is 0 Å². The van der Waals surface area contributed by atoms with E-state index in [1.54, 1.807) is 64.2 Å². The van der Waals surface area contributed by atoms with Crippen LogP contribution in [0, 0.1) is 29.6 Å². The number of hydrogen-bond acceptors (Lipinski definition) is 0. The van der Waals surface area contributed by atoms with Gasteiger partial charge in [-0.2, -0.15) is 0 Å². The molecule has 1 heteroatoms. The average molecular weight is 387 g/mol. The molecule has 0 radical (unpaired) electrons. The molecule has 0 saturated heterocycles. The highest BCUT2D eigenvalue weighted by Gasteiger charge is 2.34. The standard InChI is InChI=1S/C26H46Si/c1-3-5-6-7-21-8-10-22(11-9-21)23-12-14-24(15-13-23)25-16-18-26(19-17-25)27-20-4-2/h4-6,21-26H,2-3,7-20,27H2,1H3/b6-5-. The molecule has 0 aromatic carbocycles. The van der Waals surface area contributed by atoms with E-state index in [1.807, 2.05) is 0 Å². The lowest BCUT2D eigenvalue weighted by molar-refractivity contribution is 0.113. The van der Waals surface area contributed by atoms with Crippen molar-refractivity contribution in [1.29, 1.82) is 0 Å². The van der Waals surface area contributed by atoms with E-state index in [0.717, 1.165) is 35.1 Å². The van der Waals surface area contributed by atoms with Crippen molar-refractivity contribution in [2.45, 2.75) is 108 Å². The third kappa shape index (κ3) is 6.62. The minimum atomic E-state index is 0.159. The Labute approximate surface area is 172 Å². The Morgan fingerprint density at radius 3 is 1.67 bits per heavy atom. The van der Waals surface area contributed by atoms with Gasteiger partial charge < -0.3 is 0 Å². The van der Waals surface area contributed by atoms with Gasteiger partial charge in [-0.15, -0.1) is 6.58 Å². The molecule has 0 bridgehead atoms. The summed E-state index contributed by atoms with van der Waals surface area (Å²) in [7, 11) is 0.159. The van der Waals surface area contributed by atoms with Gasteiger partial charge >= 0.3 is 0 Å². The van der Waals surface area contributed by atoms with Crippen molar-refractivity contribution in [2.24, 2.45) is 29.6 Å². The molecule has 0 N–H and O–H groups in total. The Morgan fingerprint density at radius 2 is 1.19 bits per heavy atom. The van der Waals surface area contributed by atoms with Gasteiger partial charge in [0.05, 0.1) is 0 Å². The van der Waals surface area contributed by atoms with Crippen LogP contribution in [-0.4, -0.2) is 9.52 Å². The maximum Gasteiger partial charge on any atom is 0.0272 e. The van der Waals surface area contributed by atoms with E-state index in [2.05, 4.69) is 31.7 Å². The molecule has 0 aliphatic heterocycles. The summed E-state index contributed by atoms with van der Waals surface area (Å²) < 4.78 is 0. The van der Waals surface area contributed by atoms with Crippen molar-refractivity contribution in [2.75, 3.05) is 0 Å². The first-order chi connectivity index (χ1) is 13.3. The van der Waals surface area contributed by atoms with Crippen LogP contribution < -0.4 is 0 Å². The molecule has 0 heterocycles. The lowest BCUT2D eigenvalue weighted by Gasteiger charge is -2.41. The average Bonchev–Trinajstić information content (AvgIpc) is 2.73. The fourth-order valence-corrected chi connectivity index (χ4v) is 8.50. The van der Waals surface area contributed by atoms with Gasteiger partial charge in [-0.3, -0.25) is 0 Å². The SMILES string of the molecule is C=CC[SiH2]C1CCC(C2CCC(C3CCC(C/C=C\CC)CC3)CC2)CC1. The quantitative estimate of drug-likeness (QED) is 0.296. The van der Waals surface area contributed by atoms with Crippen molar-refractivity contribution >= 4 is 9.52 Å². The van der Waals surface area contributed by atoms with Gasteiger partial charge in [-0.05, 0) is 99.8 Å². The summed E-state index contributed by atoms with van der Waals surface area (Å²) >= 11 is 0. The normalized spacial score (nSPS) is 38.6. The molecule has 3 saturated carbocycles. The summed E-state index contributed by atoms with van der Waals surface area (Å²) in [4.78, 5) is 0. The highest BCUT2D eigenvalue weighted by Crippen LogP contribution is 2.46. The third-order valence-electron chi connectivity index (χ3n) is 8.58. The summed E-state index contributed by atoms with van der Waals surface area (Å²) in [5.74, 6) is 5.36. The zero-order valence-corrected chi connectivity index (χ0v) is 19.6. The lowest BCUT2D eigenvalue weighted by Crippen LogP contribution is -2.29. The van der Waals surface area contributed by atoms with Crippen LogP contribution in [0.4, 0.5) is 0 Å². The fraction of sp³-hybridized carbons (Fsp3) is 0.846. The van der Waals surface area contributed by atoms with E-state index < -0.39 is 0 Å². The predicted octanol–water partition coefficient (Wildman–Crippen LogP) is 7.71. The van der Waals surface area contributed by atoms with E-state index in [-0.39, 0.29) is 9.52 Å². The number of allylic oxidation sites excluding steroid dienone is 3. The van der Waals surface area contributed by atoms with E-state index >= 15 is 0 Å². The van der Waals surface area contributed by atoms with Crippen molar-refractivity contribution in [3.8, 4) is 0 Å². The molecule has 3 rings (SSSR count). The topological polar surface area (TPSA) is 0 Å². The van der Waals surface area contributed by atoms with Gasteiger partial charge in [0, 0.05) is 9.52 Å². The number of hydrogen-bond donors (Lipinski definition) is 0. The molecule has 0 aromatic rings. The molecule has 0 amide bonds. The van der Waals surface area contributed by atoms with Crippen LogP contribution in [0.1, 0.15) is 96.8 Å². The third-order valence-corrected chi connectivity index (χ3v) is 11.0. The first kappa shape index (κ1) is 21.4. The van der Waals surface area contributed by atoms with Crippen LogP contribution in [0.15, 0.2) is 24.8 Å². The molecule has 27 heavy (non-hydrogen) atoms. The zero-order chi connectivity index (χ0) is 18.9. The van der Waals surface area contributed by atoms with Crippen LogP contribution in [0.2, 0.25) is 11.6 Å². The van der Waals surface area contributed by atoms with Crippen LogP contribution in [0.3, 0.4) is 0 Å². The largest absolute Gasteiger partial charge is 0.103 e. The van der Waals surface area contributed by atoms with Crippen LogP contribution in [0.5, 0.6) is 0 Å².